The van der Waals surface area contributed by atoms with Gasteiger partial charge in [0.15, 0.2) is 11.5 Å². The number of aromatic hydroxyl groups is 1. The lowest BCUT2D eigenvalue weighted by Crippen LogP contribution is -2.22. The van der Waals surface area contributed by atoms with Gasteiger partial charge in [-0.2, -0.15) is 0 Å². The molecule has 0 bridgehead atoms. The summed E-state index contributed by atoms with van der Waals surface area (Å²) in [5.41, 5.74) is 0.181. The van der Waals surface area contributed by atoms with Crippen LogP contribution in [0.25, 0.3) is 0 Å². The van der Waals surface area contributed by atoms with Crippen molar-refractivity contribution >= 4 is 0 Å². The molecule has 0 radical (unpaired) electrons. The molecule has 1 aromatic carbocycles. The highest BCUT2D eigenvalue weighted by Gasteiger charge is 2.33. The molecule has 15 heavy (non-hydrogen) atoms. The van der Waals surface area contributed by atoms with E-state index >= 15 is 0 Å². The lowest BCUT2D eigenvalue weighted by Gasteiger charge is -2.21. The van der Waals surface area contributed by atoms with Crippen LogP contribution in [0.1, 0.15) is 12.5 Å². The molecular weight excluding hydrogens is 196 g/mol. The lowest BCUT2D eigenvalue weighted by molar-refractivity contribution is -0.149. The maximum Gasteiger partial charge on any atom is 0.220 e. The van der Waals surface area contributed by atoms with E-state index in [9.17, 15) is 9.90 Å². The highest BCUT2D eigenvalue weighted by Crippen LogP contribution is 2.29. The van der Waals surface area contributed by atoms with Crippen LogP contribution in [-0.4, -0.2) is 18.3 Å². The van der Waals surface area contributed by atoms with E-state index in [0.717, 1.165) is 0 Å². The Bertz CT molecular complexity index is 421. The summed E-state index contributed by atoms with van der Waals surface area (Å²) < 4.78 is 10.8. The Morgan fingerprint density at radius 1 is 1.33 bits per heavy atom. The molecule has 1 saturated heterocycles. The summed E-state index contributed by atoms with van der Waals surface area (Å²) in [6.45, 7) is 2.77. The number of rotatable bonds is 1. The van der Waals surface area contributed by atoms with Crippen LogP contribution in [0.5, 0.6) is 5.75 Å². The zero-order valence-corrected chi connectivity index (χ0v) is 8.40. The molecule has 0 amide bonds. The van der Waals surface area contributed by atoms with Crippen molar-refractivity contribution in [2.45, 2.75) is 12.7 Å². The second-order valence-electron chi connectivity index (χ2n) is 3.52. The molecule has 2 rings (SSSR count). The molecule has 1 aliphatic heterocycles. The minimum absolute atomic E-state index is 0.275. The molecule has 1 N–H and O–H groups in total. The molecular formula is C11H12O4. The largest absolute Gasteiger partial charge is 0.504 e. The Kier molecular flexibility index (Phi) is 2.46. The molecule has 1 heterocycles. The highest BCUT2D eigenvalue weighted by molar-refractivity contribution is 5.26. The quantitative estimate of drug-likeness (QED) is 0.747. The van der Waals surface area contributed by atoms with Crippen LogP contribution in [0.15, 0.2) is 29.1 Å². The number of hydrogen-bond acceptors (Lipinski definition) is 4. The van der Waals surface area contributed by atoms with E-state index in [2.05, 4.69) is 0 Å². The highest BCUT2D eigenvalue weighted by atomic mass is 16.7. The Morgan fingerprint density at radius 2 is 2.00 bits per heavy atom. The third-order valence-electron chi connectivity index (χ3n) is 2.43. The second-order valence-corrected chi connectivity index (χ2v) is 3.52. The van der Waals surface area contributed by atoms with Gasteiger partial charge in [0, 0.05) is 5.56 Å². The van der Waals surface area contributed by atoms with Gasteiger partial charge in [-0.3, -0.25) is 4.79 Å². The van der Waals surface area contributed by atoms with Gasteiger partial charge < -0.3 is 14.6 Å². The smallest absolute Gasteiger partial charge is 0.220 e. The zero-order chi connectivity index (χ0) is 10.9. The van der Waals surface area contributed by atoms with Crippen molar-refractivity contribution < 1.29 is 14.6 Å². The van der Waals surface area contributed by atoms with Gasteiger partial charge in [-0.1, -0.05) is 12.1 Å². The van der Waals surface area contributed by atoms with Crippen LogP contribution < -0.4 is 5.43 Å². The van der Waals surface area contributed by atoms with E-state index in [0.29, 0.717) is 18.8 Å². The first-order chi connectivity index (χ1) is 7.12. The van der Waals surface area contributed by atoms with Crippen LogP contribution in [0, 0.1) is 0 Å². The van der Waals surface area contributed by atoms with Crippen molar-refractivity contribution in [3.05, 3.63) is 40.1 Å². The third-order valence-corrected chi connectivity index (χ3v) is 2.43. The summed E-state index contributed by atoms with van der Waals surface area (Å²) in [4.78, 5) is 11.4. The summed E-state index contributed by atoms with van der Waals surface area (Å²) in [6, 6.07) is 5.99. The van der Waals surface area contributed by atoms with Gasteiger partial charge in [-0.15, -0.1) is 0 Å². The van der Waals surface area contributed by atoms with Gasteiger partial charge in [-0.05, 0) is 19.1 Å². The van der Waals surface area contributed by atoms with Crippen LogP contribution >= 0.6 is 0 Å². The van der Waals surface area contributed by atoms with Crippen LogP contribution in [0.4, 0.5) is 0 Å². The van der Waals surface area contributed by atoms with Crippen LogP contribution in [0.2, 0.25) is 0 Å². The maximum atomic E-state index is 11.4. The topological polar surface area (TPSA) is 55.8 Å². The molecule has 0 unspecified atom stereocenters. The van der Waals surface area contributed by atoms with Crippen molar-refractivity contribution in [3.63, 3.8) is 0 Å². The Hall–Kier alpha value is -1.39. The summed E-state index contributed by atoms with van der Waals surface area (Å²) in [5.74, 6) is -1.15. The van der Waals surface area contributed by atoms with Crippen molar-refractivity contribution in [2.75, 3.05) is 13.2 Å². The molecule has 0 aliphatic carbocycles. The molecule has 1 aromatic rings. The Morgan fingerprint density at radius 3 is 2.67 bits per heavy atom. The average Bonchev–Trinajstić information content (AvgIpc) is 2.57. The standard InChI is InChI=1S/C11H12O4/c1-11(14-5-6-15-11)8-3-2-4-9(12)10(13)7-8/h2-4,7H,5-6H2,1H3,(H,12,13). The van der Waals surface area contributed by atoms with E-state index in [1.165, 1.54) is 12.1 Å². The molecule has 0 spiro atoms. The van der Waals surface area contributed by atoms with Gasteiger partial charge in [0.05, 0.1) is 13.2 Å². The first-order valence-corrected chi connectivity index (χ1v) is 4.73. The van der Waals surface area contributed by atoms with Crippen LogP contribution in [0.3, 0.4) is 0 Å². The minimum atomic E-state index is -0.870. The van der Waals surface area contributed by atoms with Gasteiger partial charge in [-0.25, -0.2) is 0 Å². The maximum absolute atomic E-state index is 11.4. The summed E-state index contributed by atoms with van der Waals surface area (Å²) in [7, 11) is 0. The second kappa shape index (κ2) is 3.64. The summed E-state index contributed by atoms with van der Waals surface area (Å²) in [5, 5.41) is 9.24. The van der Waals surface area contributed by atoms with Gasteiger partial charge >= 0.3 is 0 Å². The van der Waals surface area contributed by atoms with E-state index < -0.39 is 11.2 Å². The Labute approximate surface area is 87.1 Å². The molecule has 80 valence electrons. The number of hydrogen-bond donors (Lipinski definition) is 1. The molecule has 4 heteroatoms. The average molecular weight is 208 g/mol. The molecule has 4 nitrogen and oxygen atoms in total. The van der Waals surface area contributed by atoms with Gasteiger partial charge in [0.2, 0.25) is 5.43 Å². The van der Waals surface area contributed by atoms with Crippen molar-refractivity contribution in [1.82, 2.24) is 0 Å². The fourth-order valence-electron chi connectivity index (χ4n) is 1.55. The molecule has 1 fully saturated rings. The fourth-order valence-corrected chi connectivity index (χ4v) is 1.55. The van der Waals surface area contributed by atoms with E-state index in [4.69, 9.17) is 9.47 Å². The third kappa shape index (κ3) is 1.86. The number of ether oxygens (including phenoxy) is 2. The summed E-state index contributed by atoms with van der Waals surface area (Å²) in [6.07, 6.45) is 0. The van der Waals surface area contributed by atoms with E-state index in [1.54, 1.807) is 19.1 Å². The zero-order valence-electron chi connectivity index (χ0n) is 8.40. The normalized spacial score (nSPS) is 19.0. The first-order valence-electron chi connectivity index (χ1n) is 4.73. The predicted octanol–water partition coefficient (Wildman–Crippen LogP) is 0.972. The SMILES string of the molecule is CC1(c2cccc(O)c(=O)c2)OCCO1. The monoisotopic (exact) mass is 208 g/mol. The first kappa shape index (κ1) is 10.1. The lowest BCUT2D eigenvalue weighted by atomic mass is 10.1. The predicted molar refractivity (Wildman–Crippen MR) is 53.6 cm³/mol. The molecule has 0 saturated carbocycles. The van der Waals surface area contributed by atoms with E-state index in [1.807, 2.05) is 0 Å². The van der Waals surface area contributed by atoms with Gasteiger partial charge in [0.25, 0.3) is 0 Å². The van der Waals surface area contributed by atoms with Crippen molar-refractivity contribution in [2.24, 2.45) is 0 Å². The Balaban J connectivity index is 2.50. The summed E-state index contributed by atoms with van der Waals surface area (Å²) >= 11 is 0. The fraction of sp³-hybridized carbons (Fsp3) is 0.364. The van der Waals surface area contributed by atoms with Crippen molar-refractivity contribution in [3.8, 4) is 5.75 Å². The van der Waals surface area contributed by atoms with Gasteiger partial charge in [0.1, 0.15) is 0 Å². The van der Waals surface area contributed by atoms with Crippen molar-refractivity contribution in [1.29, 1.82) is 0 Å². The molecule has 1 aliphatic rings. The molecule has 0 atom stereocenters. The van der Waals surface area contributed by atoms with Crippen LogP contribution in [-0.2, 0) is 15.3 Å². The minimum Gasteiger partial charge on any atom is -0.504 e. The molecule has 0 aromatic heterocycles. The van der Waals surface area contributed by atoms with E-state index in [-0.39, 0.29) is 5.75 Å².